The van der Waals surface area contributed by atoms with E-state index < -0.39 is 23.1 Å². The van der Waals surface area contributed by atoms with E-state index in [-0.39, 0.29) is 11.6 Å². The second kappa shape index (κ2) is 6.39. The Morgan fingerprint density at radius 3 is 2.32 bits per heavy atom. The molecule has 0 aromatic heterocycles. The van der Waals surface area contributed by atoms with Crippen LogP contribution in [0.3, 0.4) is 0 Å². The Morgan fingerprint density at radius 2 is 1.61 bits per heavy atom. The molecule has 3 amide bonds. The lowest BCUT2D eigenvalue weighted by molar-refractivity contribution is -0.181. The molecule has 1 fully saturated rings. The van der Waals surface area contributed by atoms with Gasteiger partial charge in [-0.05, 0) is 23.8 Å². The number of carbonyl (C=O) groups is 3. The molecule has 0 N–H and O–H groups in total. The van der Waals surface area contributed by atoms with Crippen molar-refractivity contribution in [1.29, 1.82) is 0 Å². The van der Waals surface area contributed by atoms with Crippen molar-refractivity contribution in [2.75, 3.05) is 19.1 Å². The van der Waals surface area contributed by atoms with Crippen molar-refractivity contribution in [1.82, 2.24) is 9.80 Å². The lowest BCUT2D eigenvalue weighted by Gasteiger charge is -2.37. The van der Waals surface area contributed by atoms with E-state index in [1.54, 1.807) is 44.4 Å². The summed E-state index contributed by atoms with van der Waals surface area (Å²) in [5, 5.41) is 0. The second-order valence-corrected chi connectivity index (χ2v) is 7.90. The monoisotopic (exact) mass is 415 g/mol. The summed E-state index contributed by atoms with van der Waals surface area (Å²) in [5.74, 6) is -2.66. The molecule has 3 heterocycles. The summed E-state index contributed by atoms with van der Waals surface area (Å²) in [6, 6.07) is 16.7. The van der Waals surface area contributed by atoms with E-state index in [4.69, 9.17) is 4.74 Å². The van der Waals surface area contributed by atoms with E-state index in [2.05, 4.69) is 0 Å². The predicted molar refractivity (Wildman–Crippen MR) is 114 cm³/mol. The molecule has 2 unspecified atom stereocenters. The molecule has 2 atom stereocenters. The number of para-hydroxylation sites is 1. The Bertz CT molecular complexity index is 1190. The van der Waals surface area contributed by atoms with Gasteiger partial charge >= 0.3 is 0 Å². The van der Waals surface area contributed by atoms with Gasteiger partial charge in [0.1, 0.15) is 5.70 Å². The maximum Gasteiger partial charge on any atom is 0.278 e. The zero-order valence-corrected chi connectivity index (χ0v) is 17.4. The van der Waals surface area contributed by atoms with Crippen LogP contribution in [0.2, 0.25) is 0 Å². The fourth-order valence-electron chi connectivity index (χ4n) is 4.66. The molecule has 156 valence electrons. The third-order valence-corrected chi connectivity index (χ3v) is 6.37. The lowest BCUT2D eigenvalue weighted by Crippen LogP contribution is -2.57. The largest absolute Gasteiger partial charge is 0.341 e. The van der Waals surface area contributed by atoms with E-state index in [1.807, 2.05) is 36.4 Å². The quantitative estimate of drug-likeness (QED) is 0.722. The third kappa shape index (κ3) is 2.29. The summed E-state index contributed by atoms with van der Waals surface area (Å²) in [7, 11) is 3.08. The van der Waals surface area contributed by atoms with Crippen LogP contribution in [0.4, 0.5) is 5.69 Å². The minimum atomic E-state index is -1.55. The Hall–Kier alpha value is -3.71. The van der Waals surface area contributed by atoms with Gasteiger partial charge in [-0.25, -0.2) is 0 Å². The molecule has 2 aromatic carbocycles. The van der Waals surface area contributed by atoms with Crippen LogP contribution in [0.25, 0.3) is 6.08 Å². The Morgan fingerprint density at radius 1 is 0.935 bits per heavy atom. The first-order chi connectivity index (χ1) is 14.9. The number of benzene rings is 2. The summed E-state index contributed by atoms with van der Waals surface area (Å²) >= 11 is 0. The van der Waals surface area contributed by atoms with Crippen molar-refractivity contribution in [3.63, 3.8) is 0 Å². The molecule has 0 bridgehead atoms. The van der Waals surface area contributed by atoms with Crippen LogP contribution >= 0.6 is 0 Å². The topological polar surface area (TPSA) is 70.2 Å². The predicted octanol–water partition coefficient (Wildman–Crippen LogP) is 2.46. The summed E-state index contributed by atoms with van der Waals surface area (Å²) in [6.45, 7) is 1.65. The van der Waals surface area contributed by atoms with Gasteiger partial charge < -0.3 is 9.64 Å². The lowest BCUT2D eigenvalue weighted by atomic mass is 9.81. The van der Waals surface area contributed by atoms with Crippen LogP contribution in [0.15, 0.2) is 72.6 Å². The van der Waals surface area contributed by atoms with E-state index in [9.17, 15) is 14.4 Å². The zero-order chi connectivity index (χ0) is 22.0. The van der Waals surface area contributed by atoms with Crippen LogP contribution < -0.4 is 4.90 Å². The first-order valence-corrected chi connectivity index (χ1v) is 9.93. The van der Waals surface area contributed by atoms with Crippen molar-refractivity contribution in [3.8, 4) is 0 Å². The highest BCUT2D eigenvalue weighted by Crippen LogP contribution is 2.52. The Balaban J connectivity index is 1.63. The average Bonchev–Trinajstić information content (AvgIpc) is 3.31. The first kappa shape index (κ1) is 19.3. The number of fused-ring (bicyclic) bond motifs is 3. The minimum Gasteiger partial charge on any atom is -0.341 e. The molecule has 7 heteroatoms. The van der Waals surface area contributed by atoms with E-state index >= 15 is 0 Å². The second-order valence-electron chi connectivity index (χ2n) is 7.90. The van der Waals surface area contributed by atoms with Gasteiger partial charge in [-0.1, -0.05) is 48.5 Å². The van der Waals surface area contributed by atoms with Gasteiger partial charge in [0.05, 0.1) is 0 Å². The van der Waals surface area contributed by atoms with Gasteiger partial charge in [0, 0.05) is 38.5 Å². The molecule has 0 radical (unpaired) electrons. The molecule has 0 saturated carbocycles. The van der Waals surface area contributed by atoms with E-state index in [0.29, 0.717) is 11.3 Å². The Labute approximate surface area is 179 Å². The van der Waals surface area contributed by atoms with Crippen molar-refractivity contribution < 1.29 is 19.1 Å². The Kier molecular flexibility index (Phi) is 3.97. The summed E-state index contributed by atoms with van der Waals surface area (Å²) in [6.07, 6.45) is 4.88. The molecule has 0 aliphatic carbocycles. The number of rotatable bonds is 3. The van der Waals surface area contributed by atoms with Crippen molar-refractivity contribution >= 4 is 29.5 Å². The average molecular weight is 415 g/mol. The molecule has 7 nitrogen and oxygen atoms in total. The third-order valence-electron chi connectivity index (χ3n) is 6.37. The van der Waals surface area contributed by atoms with Crippen LogP contribution in [-0.2, 0) is 24.5 Å². The number of ether oxygens (including phenoxy) is 1. The molecule has 2 aromatic rings. The summed E-state index contributed by atoms with van der Waals surface area (Å²) in [5.41, 5.74) is 0.730. The number of hydrogen-bond donors (Lipinski definition) is 0. The fraction of sp³-hybridized carbons (Fsp3) is 0.208. The van der Waals surface area contributed by atoms with Gasteiger partial charge in [0.2, 0.25) is 5.85 Å². The highest BCUT2D eigenvalue weighted by atomic mass is 16.5. The number of likely N-dealkylation sites (N-methyl/N-ethyl adjacent to an activating group) is 1. The molecule has 31 heavy (non-hydrogen) atoms. The number of methoxy groups -OCH3 is 1. The maximum absolute atomic E-state index is 13.8. The highest BCUT2D eigenvalue weighted by Gasteiger charge is 2.67. The molecule has 3 aliphatic rings. The zero-order valence-electron chi connectivity index (χ0n) is 17.4. The van der Waals surface area contributed by atoms with Crippen molar-refractivity contribution in [3.05, 3.63) is 83.7 Å². The van der Waals surface area contributed by atoms with E-state index in [0.717, 1.165) is 5.56 Å². The van der Waals surface area contributed by atoms with Gasteiger partial charge in [-0.2, -0.15) is 0 Å². The highest BCUT2D eigenvalue weighted by molar-refractivity contribution is 6.27. The summed E-state index contributed by atoms with van der Waals surface area (Å²) < 4.78 is 5.70. The SMILES string of the molecule is COC1(C)N(C=Cc2ccccc2)C(=O)C2=CC3(C(=O)N(C)c4ccccc43)C(=O)N21. The van der Waals surface area contributed by atoms with Gasteiger partial charge in [-0.15, -0.1) is 0 Å². The first-order valence-electron chi connectivity index (χ1n) is 9.93. The number of anilines is 1. The van der Waals surface area contributed by atoms with Gasteiger partial charge in [-0.3, -0.25) is 24.2 Å². The number of nitrogens with zero attached hydrogens (tertiary/aromatic N) is 3. The molecular weight excluding hydrogens is 394 g/mol. The van der Waals surface area contributed by atoms with Crippen LogP contribution in [0.5, 0.6) is 0 Å². The molecule has 1 saturated heterocycles. The van der Waals surface area contributed by atoms with Crippen molar-refractivity contribution in [2.24, 2.45) is 0 Å². The molecule has 5 rings (SSSR count). The number of hydrogen-bond acceptors (Lipinski definition) is 4. The number of carbonyl (C=O) groups excluding carboxylic acids is 3. The van der Waals surface area contributed by atoms with E-state index in [1.165, 1.54) is 27.9 Å². The van der Waals surface area contributed by atoms with Crippen LogP contribution in [0.1, 0.15) is 18.1 Å². The van der Waals surface area contributed by atoms with Crippen LogP contribution in [-0.4, -0.2) is 47.5 Å². The summed E-state index contributed by atoms with van der Waals surface area (Å²) in [4.78, 5) is 44.6. The molecule has 1 spiro atoms. The van der Waals surface area contributed by atoms with Gasteiger partial charge in [0.25, 0.3) is 17.7 Å². The van der Waals surface area contributed by atoms with Crippen LogP contribution in [0, 0.1) is 0 Å². The fourth-order valence-corrected chi connectivity index (χ4v) is 4.66. The van der Waals surface area contributed by atoms with Crippen molar-refractivity contribution in [2.45, 2.75) is 18.2 Å². The van der Waals surface area contributed by atoms with Gasteiger partial charge in [0.15, 0.2) is 5.41 Å². The normalized spacial score (nSPS) is 27.0. The number of amides is 3. The smallest absolute Gasteiger partial charge is 0.278 e. The maximum atomic E-state index is 13.8. The molecular formula is C24H21N3O4. The molecule has 3 aliphatic heterocycles. The standard InChI is InChI=1S/C24H21N3O4/c1-23(31-3)26(14-13-16-9-5-4-6-10-16)20(28)19-15-24(22(30)27(19)23)17-11-7-8-12-18(17)25(2)21(24)29/h4-15H,1-3H3. The minimum absolute atomic E-state index is 0.144.